The van der Waals surface area contributed by atoms with E-state index in [1.54, 1.807) is 0 Å². The van der Waals surface area contributed by atoms with Gasteiger partial charge in [0.1, 0.15) is 50.9 Å². The van der Waals surface area contributed by atoms with Gasteiger partial charge in [-0.3, -0.25) is 0 Å². The Morgan fingerprint density at radius 2 is 0.750 bits per heavy atom. The number of ether oxygens (including phenoxy) is 4. The third-order valence-electron chi connectivity index (χ3n) is 10.8. The van der Waals surface area contributed by atoms with Crippen LogP contribution in [0.25, 0.3) is 0 Å². The number of rotatable bonds is 22. The van der Waals surface area contributed by atoms with Gasteiger partial charge in [-0.1, -0.05) is 154 Å². The van der Waals surface area contributed by atoms with Crippen molar-refractivity contribution >= 4 is 6.16 Å². The van der Waals surface area contributed by atoms with Gasteiger partial charge in [0.05, 0.1) is 54.6 Å². The van der Waals surface area contributed by atoms with Crippen LogP contribution >= 0.6 is 0 Å². The molecular weight excluding hydrogens is 801 g/mol. The summed E-state index contributed by atoms with van der Waals surface area (Å²) in [4.78, 5) is 8.33. The van der Waals surface area contributed by atoms with Gasteiger partial charge in [0.15, 0.2) is 0 Å². The molecule has 0 heterocycles. The maximum atomic E-state index is 8.33. The van der Waals surface area contributed by atoms with Crippen LogP contribution in [0.4, 0.5) is 4.79 Å². The minimum atomic E-state index is -2.33. The summed E-state index contributed by atoms with van der Waals surface area (Å²) in [7, 11) is 8.98. The predicted molar refractivity (Wildman–Crippen MR) is 259 cm³/mol. The van der Waals surface area contributed by atoms with Crippen LogP contribution in [0.15, 0.2) is 109 Å². The monoisotopic (exact) mass is 885 g/mol. The first-order valence-corrected chi connectivity index (χ1v) is 22.9. The van der Waals surface area contributed by atoms with E-state index in [2.05, 4.69) is 207 Å². The highest BCUT2D eigenvalue weighted by atomic mass is 16.6. The summed E-state index contributed by atoms with van der Waals surface area (Å²) in [5.74, 6) is 1.82. The van der Waals surface area contributed by atoms with Crippen LogP contribution < -0.4 is 19.7 Å². The fourth-order valence-corrected chi connectivity index (χ4v) is 8.44. The van der Waals surface area contributed by atoms with Crippen LogP contribution in [-0.4, -0.2) is 96.0 Å². The summed E-state index contributed by atoms with van der Waals surface area (Å²) >= 11 is 0. The maximum absolute atomic E-state index is 8.33. The molecule has 0 aliphatic heterocycles. The average Bonchev–Trinajstić information content (AvgIpc) is 3.16. The van der Waals surface area contributed by atoms with Gasteiger partial charge < -0.3 is 42.9 Å². The topological polar surface area (TPSA) is 100 Å². The largest absolute Gasteiger partial charge is 0.652 e. The fourth-order valence-electron chi connectivity index (χ4n) is 8.44. The molecule has 4 aromatic carbocycles. The van der Waals surface area contributed by atoms with Gasteiger partial charge in [0, 0.05) is 11.1 Å². The minimum absolute atomic E-state index is 0.157. The van der Waals surface area contributed by atoms with Crippen LogP contribution in [0.3, 0.4) is 0 Å². The van der Waals surface area contributed by atoms with Gasteiger partial charge in [0.2, 0.25) is 0 Å². The van der Waals surface area contributed by atoms with Gasteiger partial charge in [-0.15, -0.1) is 0 Å². The van der Waals surface area contributed by atoms with E-state index in [9.17, 15) is 0 Å². The molecule has 9 heteroatoms. The van der Waals surface area contributed by atoms with Crippen LogP contribution in [0.2, 0.25) is 0 Å². The van der Waals surface area contributed by atoms with Gasteiger partial charge in [0.25, 0.3) is 0 Å². The van der Waals surface area contributed by atoms with E-state index in [0.717, 1.165) is 72.7 Å². The molecule has 0 N–H and O–H groups in total. The number of hydrogen-bond donors (Lipinski definition) is 0. The van der Waals surface area contributed by atoms with E-state index in [1.165, 1.54) is 22.3 Å². The Morgan fingerprint density at radius 1 is 0.453 bits per heavy atom. The molecule has 64 heavy (non-hydrogen) atoms. The van der Waals surface area contributed by atoms with Gasteiger partial charge in [-0.05, 0) is 76.0 Å². The van der Waals surface area contributed by atoms with Crippen molar-refractivity contribution in [1.29, 1.82) is 0 Å². The molecule has 0 spiro atoms. The first kappa shape index (κ1) is 55.7. The Morgan fingerprint density at radius 3 is 1.03 bits per heavy atom. The molecule has 0 amide bonds. The molecule has 0 fully saturated rings. The van der Waals surface area contributed by atoms with Crippen molar-refractivity contribution in [2.75, 3.05) is 80.9 Å². The SMILES string of the molecule is CC(C)(C)CC(C)(C)c1ccc(OCCOCC[N+](C)(C)Cc2ccccc2)cc1.CC(C)(C)CC(C)(C)c1ccc(OCCOCC[N+](C)(C)Cc2ccccc2)cc1.O=C([O-])[O-]. The molecule has 4 rings (SSSR count). The van der Waals surface area contributed by atoms with Crippen LogP contribution in [0.1, 0.15) is 104 Å². The lowest BCUT2D eigenvalue weighted by Crippen LogP contribution is -2.41. The molecule has 356 valence electrons. The Bertz CT molecular complexity index is 1720. The van der Waals surface area contributed by atoms with Crippen LogP contribution in [0.5, 0.6) is 11.5 Å². The molecule has 0 aliphatic carbocycles. The number of benzene rings is 4. The second kappa shape index (κ2) is 25.9. The second-order valence-electron chi connectivity index (χ2n) is 22.1. The normalized spacial score (nSPS) is 12.3. The first-order chi connectivity index (χ1) is 29.7. The Kier molecular flexibility index (Phi) is 22.6. The zero-order valence-corrected chi connectivity index (χ0v) is 42.1. The lowest BCUT2D eigenvalue weighted by Gasteiger charge is -2.33. The first-order valence-electron chi connectivity index (χ1n) is 22.9. The molecule has 4 aromatic rings. The zero-order chi connectivity index (χ0) is 48.1. The summed E-state index contributed by atoms with van der Waals surface area (Å²) in [5.41, 5.74) is 6.38. The number of carbonyl (C=O) groups is 1. The van der Waals surface area contributed by atoms with Gasteiger partial charge in [-0.2, -0.15) is 0 Å². The average molecular weight is 885 g/mol. The Hall–Kier alpha value is -4.41. The summed E-state index contributed by atoms with van der Waals surface area (Å²) in [6, 6.07) is 38.4. The number of nitrogens with zero attached hydrogens (tertiary/aromatic N) is 2. The number of hydrogen-bond acceptors (Lipinski definition) is 7. The molecule has 0 saturated carbocycles. The third kappa shape index (κ3) is 25.2. The summed E-state index contributed by atoms with van der Waals surface area (Å²) in [5, 5.41) is 16.7. The standard InChI is InChI=1S/2C27H42NO2.CH2O3/c2*1-26(2,3)22-27(4,5)24-13-15-25(16-14-24)30-20-19-29-18-17-28(6,7)21-23-11-9-8-10-12-23;2-1(3)4/h2*8-16H,17-22H2,1-7H3;(H2,2,3,4)/q2*+1;/p-2. The second-order valence-corrected chi connectivity index (χ2v) is 22.1. The van der Waals surface area contributed by atoms with Crippen molar-refractivity contribution in [2.45, 2.75) is 106 Å². The van der Waals surface area contributed by atoms with E-state index in [-0.39, 0.29) is 10.8 Å². The lowest BCUT2D eigenvalue weighted by molar-refractivity contribution is -0.904. The van der Waals surface area contributed by atoms with Crippen molar-refractivity contribution < 1.29 is 42.9 Å². The third-order valence-corrected chi connectivity index (χ3v) is 10.8. The van der Waals surface area contributed by atoms with Crippen LogP contribution in [-0.2, 0) is 33.4 Å². The van der Waals surface area contributed by atoms with E-state index >= 15 is 0 Å². The molecule has 0 bridgehead atoms. The van der Waals surface area contributed by atoms with E-state index in [0.29, 0.717) is 37.3 Å². The minimum Gasteiger partial charge on any atom is -0.652 e. The summed E-state index contributed by atoms with van der Waals surface area (Å²) in [6.45, 7) is 30.9. The lowest BCUT2D eigenvalue weighted by atomic mass is 9.72. The summed E-state index contributed by atoms with van der Waals surface area (Å²) in [6.07, 6.45) is -0.0413. The van der Waals surface area contributed by atoms with E-state index < -0.39 is 6.16 Å². The van der Waals surface area contributed by atoms with Gasteiger partial charge >= 0.3 is 0 Å². The van der Waals surface area contributed by atoms with Crippen molar-refractivity contribution in [3.05, 3.63) is 131 Å². The quantitative estimate of drug-likeness (QED) is 0.0573. The molecule has 0 saturated heterocycles. The Balaban J connectivity index is 0.000000406. The number of carboxylic acid groups (broad SMARTS) is 2. The molecule has 9 nitrogen and oxygen atoms in total. The van der Waals surface area contributed by atoms with Crippen molar-refractivity contribution in [1.82, 2.24) is 0 Å². The predicted octanol–water partition coefficient (Wildman–Crippen LogP) is 9.70. The molecular formula is C55H84N2O7. The Labute approximate surface area is 388 Å². The molecule has 0 aromatic heterocycles. The molecule has 0 atom stereocenters. The fraction of sp³-hybridized carbons (Fsp3) is 0.545. The van der Waals surface area contributed by atoms with Crippen molar-refractivity contribution in [3.8, 4) is 11.5 Å². The maximum Gasteiger partial charge on any atom is 0.119 e. The van der Waals surface area contributed by atoms with Crippen LogP contribution in [0, 0.1) is 10.8 Å². The van der Waals surface area contributed by atoms with Gasteiger partial charge in [-0.25, -0.2) is 0 Å². The number of quaternary nitrogens is 2. The van der Waals surface area contributed by atoms with E-state index in [4.69, 9.17) is 34.0 Å². The zero-order valence-electron chi connectivity index (χ0n) is 42.1. The van der Waals surface area contributed by atoms with Crippen molar-refractivity contribution in [2.24, 2.45) is 10.8 Å². The van der Waals surface area contributed by atoms with E-state index in [1.807, 2.05) is 0 Å². The smallest absolute Gasteiger partial charge is 0.119 e. The van der Waals surface area contributed by atoms with Crippen molar-refractivity contribution in [3.63, 3.8) is 0 Å². The highest BCUT2D eigenvalue weighted by Gasteiger charge is 2.28. The summed E-state index contributed by atoms with van der Waals surface area (Å²) < 4.78 is 25.2. The molecule has 0 radical (unpaired) electrons. The number of carbonyl (C=O) groups excluding carboxylic acids is 1. The highest BCUT2D eigenvalue weighted by Crippen LogP contribution is 2.38. The molecule has 0 unspecified atom stereocenters. The molecule has 0 aliphatic rings. The number of likely N-dealkylation sites (N-methyl/N-ethyl adjacent to an activating group) is 2. The highest BCUT2D eigenvalue weighted by molar-refractivity contribution is 5.47.